The molecule has 0 fully saturated rings. The van der Waals surface area contributed by atoms with Gasteiger partial charge in [-0.25, -0.2) is 0 Å². The quantitative estimate of drug-likeness (QED) is 0.731. The smallest absolute Gasteiger partial charge is 0.373 e. The van der Waals surface area contributed by atoms with Crippen molar-refractivity contribution in [1.29, 1.82) is 0 Å². The first-order chi connectivity index (χ1) is 6.02. The molecule has 0 aliphatic carbocycles. The van der Waals surface area contributed by atoms with Gasteiger partial charge in [0.2, 0.25) is 0 Å². The van der Waals surface area contributed by atoms with Crippen molar-refractivity contribution in [3.05, 3.63) is 27.7 Å². The van der Waals surface area contributed by atoms with Crippen molar-refractivity contribution in [2.45, 2.75) is 6.92 Å². The molecule has 5 heteroatoms. The van der Waals surface area contributed by atoms with Gasteiger partial charge in [0.1, 0.15) is 5.75 Å². The van der Waals surface area contributed by atoms with Gasteiger partial charge >= 0.3 is 6.15 Å². The molecule has 13 heavy (non-hydrogen) atoms. The average Bonchev–Trinajstić information content (AvgIpc) is 2.01. The summed E-state index contributed by atoms with van der Waals surface area (Å²) < 4.78 is 0. The summed E-state index contributed by atoms with van der Waals surface area (Å²) in [6.45, 7) is 1.80. The lowest BCUT2D eigenvalue weighted by Crippen LogP contribution is -1.76. The normalized spacial score (nSPS) is 8.23. The van der Waals surface area contributed by atoms with Gasteiger partial charge in [-0.3, -0.25) is 0 Å². The minimum atomic E-state index is 0.0978. The first-order valence-corrected chi connectivity index (χ1v) is 3.92. The molecule has 0 saturated carbocycles. The number of rotatable bonds is 0. The van der Waals surface area contributed by atoms with Gasteiger partial charge in [0, 0.05) is 10.0 Å². The van der Waals surface area contributed by atoms with Crippen LogP contribution in [0.4, 0.5) is 0 Å². The summed E-state index contributed by atoms with van der Waals surface area (Å²) in [7, 11) is 0. The maximum atomic E-state index is 8.95. The molecule has 0 aliphatic heterocycles. The Hall–Kier alpha value is -1.02. The Kier molecular flexibility index (Phi) is 5.16. The highest BCUT2D eigenvalue weighted by molar-refractivity contribution is 6.36. The second-order valence-corrected chi connectivity index (χ2v) is 2.93. The third-order valence-corrected chi connectivity index (χ3v) is 2.05. The number of aromatic hydroxyl groups is 1. The van der Waals surface area contributed by atoms with Crippen LogP contribution in [0.2, 0.25) is 10.0 Å². The van der Waals surface area contributed by atoms with Crippen LogP contribution in [-0.4, -0.2) is 11.3 Å². The third kappa shape index (κ3) is 3.95. The number of hydrogen-bond acceptors (Lipinski definition) is 3. The number of phenols is 1. The Morgan fingerprint density at radius 2 is 1.54 bits per heavy atom. The van der Waals surface area contributed by atoms with Gasteiger partial charge in [0.25, 0.3) is 0 Å². The highest BCUT2D eigenvalue weighted by Crippen LogP contribution is 2.28. The minimum Gasteiger partial charge on any atom is -0.508 e. The average molecular weight is 221 g/mol. The lowest BCUT2D eigenvalue weighted by molar-refractivity contribution is -0.191. The van der Waals surface area contributed by atoms with Crippen molar-refractivity contribution in [3.8, 4) is 5.75 Å². The van der Waals surface area contributed by atoms with Gasteiger partial charge in [-0.2, -0.15) is 9.59 Å². The van der Waals surface area contributed by atoms with E-state index < -0.39 is 0 Å². The summed E-state index contributed by atoms with van der Waals surface area (Å²) in [4.78, 5) is 16.2. The SMILES string of the molecule is Cc1c(Cl)cc(O)cc1Cl.O=C=O. The Balaban J connectivity index is 0.000000424. The monoisotopic (exact) mass is 220 g/mol. The van der Waals surface area contributed by atoms with E-state index in [1.165, 1.54) is 12.1 Å². The van der Waals surface area contributed by atoms with Crippen LogP contribution in [0.1, 0.15) is 5.56 Å². The molecule has 0 bridgehead atoms. The number of carbonyl (C=O) groups excluding carboxylic acids is 2. The minimum absolute atomic E-state index is 0.0978. The van der Waals surface area contributed by atoms with Crippen molar-refractivity contribution in [1.82, 2.24) is 0 Å². The van der Waals surface area contributed by atoms with Crippen molar-refractivity contribution in [2.24, 2.45) is 0 Å². The molecule has 0 atom stereocenters. The Morgan fingerprint density at radius 3 is 1.85 bits per heavy atom. The van der Waals surface area contributed by atoms with Crippen LogP contribution in [0.15, 0.2) is 12.1 Å². The van der Waals surface area contributed by atoms with Crippen LogP contribution >= 0.6 is 23.2 Å². The van der Waals surface area contributed by atoms with Crippen molar-refractivity contribution in [3.63, 3.8) is 0 Å². The van der Waals surface area contributed by atoms with E-state index in [-0.39, 0.29) is 11.9 Å². The summed E-state index contributed by atoms with van der Waals surface area (Å²) in [6, 6.07) is 2.92. The maximum Gasteiger partial charge on any atom is 0.373 e. The number of halogens is 2. The molecule has 0 unspecified atom stereocenters. The molecule has 3 nitrogen and oxygen atoms in total. The first-order valence-electron chi connectivity index (χ1n) is 3.16. The van der Waals surface area contributed by atoms with Gasteiger partial charge in [-0.1, -0.05) is 23.2 Å². The zero-order valence-electron chi connectivity index (χ0n) is 6.67. The molecule has 0 aliphatic rings. The van der Waals surface area contributed by atoms with Gasteiger partial charge < -0.3 is 5.11 Å². The van der Waals surface area contributed by atoms with E-state index in [9.17, 15) is 0 Å². The molecule has 1 N–H and O–H groups in total. The van der Waals surface area contributed by atoms with Gasteiger partial charge in [0.15, 0.2) is 0 Å². The van der Waals surface area contributed by atoms with Crippen LogP contribution in [0.5, 0.6) is 5.75 Å². The Bertz CT molecular complexity index is 307. The second-order valence-electron chi connectivity index (χ2n) is 2.12. The van der Waals surface area contributed by atoms with Crippen LogP contribution in [-0.2, 0) is 9.59 Å². The van der Waals surface area contributed by atoms with E-state index in [0.29, 0.717) is 10.0 Å². The van der Waals surface area contributed by atoms with Crippen molar-refractivity contribution in [2.75, 3.05) is 0 Å². The van der Waals surface area contributed by atoms with Crippen LogP contribution in [0.3, 0.4) is 0 Å². The fourth-order valence-corrected chi connectivity index (χ4v) is 1.11. The first kappa shape index (κ1) is 12.0. The topological polar surface area (TPSA) is 54.4 Å². The molecule has 0 amide bonds. The van der Waals surface area contributed by atoms with E-state index in [1.807, 2.05) is 0 Å². The summed E-state index contributed by atoms with van der Waals surface area (Å²) in [5.74, 6) is 0.0978. The summed E-state index contributed by atoms with van der Waals surface area (Å²) >= 11 is 11.3. The van der Waals surface area contributed by atoms with Gasteiger partial charge in [0.05, 0.1) is 0 Å². The van der Waals surface area contributed by atoms with E-state index >= 15 is 0 Å². The van der Waals surface area contributed by atoms with Crippen LogP contribution < -0.4 is 0 Å². The lowest BCUT2D eigenvalue weighted by atomic mass is 10.2. The molecule has 70 valence electrons. The fraction of sp³-hybridized carbons (Fsp3) is 0.125. The van der Waals surface area contributed by atoms with E-state index in [1.54, 1.807) is 6.92 Å². The zero-order chi connectivity index (χ0) is 10.4. The summed E-state index contributed by atoms with van der Waals surface area (Å²) in [5, 5.41) is 9.93. The molecular weight excluding hydrogens is 215 g/mol. The van der Waals surface area contributed by atoms with Gasteiger partial charge in [-0.05, 0) is 24.6 Å². The largest absolute Gasteiger partial charge is 0.508 e. The fourth-order valence-electron chi connectivity index (χ4n) is 0.632. The van der Waals surface area contributed by atoms with Crippen molar-refractivity contribution < 1.29 is 14.7 Å². The molecule has 1 rings (SSSR count). The predicted octanol–water partition coefficient (Wildman–Crippen LogP) is 2.42. The van der Waals surface area contributed by atoms with Gasteiger partial charge in [-0.15, -0.1) is 0 Å². The van der Waals surface area contributed by atoms with Crippen LogP contribution in [0.25, 0.3) is 0 Å². The third-order valence-electron chi connectivity index (χ3n) is 1.27. The standard InChI is InChI=1S/C7H6Cl2O.CO2/c1-4-6(8)2-5(10)3-7(4)9;2-1-3/h2-3,10H,1H3;. The van der Waals surface area contributed by atoms with E-state index in [0.717, 1.165) is 5.56 Å². The second kappa shape index (κ2) is 5.60. The van der Waals surface area contributed by atoms with Crippen LogP contribution in [0, 0.1) is 6.92 Å². The molecular formula is C8H6Cl2O3. The molecule has 0 heterocycles. The molecule has 1 aromatic carbocycles. The highest BCUT2D eigenvalue weighted by Gasteiger charge is 2.01. The maximum absolute atomic E-state index is 8.95. The number of hydrogen-bond donors (Lipinski definition) is 1. The molecule has 0 saturated heterocycles. The predicted molar refractivity (Wildman–Crippen MR) is 47.9 cm³/mol. The highest BCUT2D eigenvalue weighted by atomic mass is 35.5. The Labute approximate surface area is 84.9 Å². The zero-order valence-corrected chi connectivity index (χ0v) is 8.19. The lowest BCUT2D eigenvalue weighted by Gasteiger charge is -2.00. The molecule has 0 aromatic heterocycles. The Morgan fingerprint density at radius 1 is 1.23 bits per heavy atom. The molecule has 1 aromatic rings. The van der Waals surface area contributed by atoms with E-state index in [2.05, 4.69) is 0 Å². The summed E-state index contributed by atoms with van der Waals surface area (Å²) in [6.07, 6.45) is 0.250. The number of benzene rings is 1. The molecule has 0 spiro atoms. The number of phenolic OH excluding ortho intramolecular Hbond substituents is 1. The summed E-state index contributed by atoms with van der Waals surface area (Å²) in [5.41, 5.74) is 0.793. The molecule has 0 radical (unpaired) electrons. The van der Waals surface area contributed by atoms with Crippen molar-refractivity contribution >= 4 is 29.4 Å². The van der Waals surface area contributed by atoms with E-state index in [4.69, 9.17) is 37.9 Å².